The van der Waals surface area contributed by atoms with Gasteiger partial charge in [0.05, 0.1) is 26.3 Å². The van der Waals surface area contributed by atoms with Crippen molar-refractivity contribution < 1.29 is 18.7 Å². The molecule has 130 valence electrons. The van der Waals surface area contributed by atoms with E-state index in [1.54, 1.807) is 13.4 Å². The molecule has 0 saturated carbocycles. The molecule has 3 aromatic rings. The van der Waals surface area contributed by atoms with Crippen LogP contribution in [0.3, 0.4) is 0 Å². The molecule has 3 rings (SSSR count). The number of benzene rings is 2. The van der Waals surface area contributed by atoms with Crippen molar-refractivity contribution in [1.82, 2.24) is 5.32 Å². The lowest BCUT2D eigenvalue weighted by molar-refractivity contribution is -0.120. The van der Waals surface area contributed by atoms with Crippen LogP contribution in [-0.4, -0.2) is 26.2 Å². The largest absolute Gasteiger partial charge is 0.497 e. The molecule has 0 aliphatic heterocycles. The molecule has 1 N–H and O–H groups in total. The Labute approximate surface area is 146 Å². The molecule has 0 fully saturated rings. The van der Waals surface area contributed by atoms with E-state index in [0.717, 1.165) is 28.0 Å². The molecule has 1 aromatic heterocycles. The second kappa shape index (κ2) is 7.75. The van der Waals surface area contributed by atoms with E-state index in [2.05, 4.69) is 5.32 Å². The van der Waals surface area contributed by atoms with Gasteiger partial charge in [0.1, 0.15) is 23.7 Å². The summed E-state index contributed by atoms with van der Waals surface area (Å²) in [5.41, 5.74) is 2.71. The number of carbonyl (C=O) groups excluding carboxylic acids is 1. The van der Waals surface area contributed by atoms with Crippen LogP contribution in [-0.2, 0) is 11.2 Å². The van der Waals surface area contributed by atoms with Crippen LogP contribution in [0.2, 0.25) is 0 Å². The second-order valence-corrected chi connectivity index (χ2v) is 5.81. The van der Waals surface area contributed by atoms with E-state index in [-0.39, 0.29) is 12.3 Å². The fraction of sp³-hybridized carbons (Fsp3) is 0.250. The fourth-order valence-electron chi connectivity index (χ4n) is 2.63. The number of furan rings is 1. The molecule has 5 nitrogen and oxygen atoms in total. The highest BCUT2D eigenvalue weighted by molar-refractivity contribution is 5.88. The van der Waals surface area contributed by atoms with E-state index < -0.39 is 0 Å². The van der Waals surface area contributed by atoms with Crippen LogP contribution >= 0.6 is 0 Å². The molecule has 0 bridgehead atoms. The normalized spacial score (nSPS) is 10.6. The number of fused-ring (bicyclic) bond motifs is 1. The van der Waals surface area contributed by atoms with E-state index >= 15 is 0 Å². The minimum Gasteiger partial charge on any atom is -0.497 e. The van der Waals surface area contributed by atoms with E-state index in [1.807, 2.05) is 49.4 Å². The number of methoxy groups -OCH3 is 1. The zero-order chi connectivity index (χ0) is 17.6. The van der Waals surface area contributed by atoms with Gasteiger partial charge < -0.3 is 19.2 Å². The van der Waals surface area contributed by atoms with Crippen LogP contribution in [0.15, 0.2) is 53.1 Å². The summed E-state index contributed by atoms with van der Waals surface area (Å²) in [5, 5.41) is 3.79. The van der Waals surface area contributed by atoms with Gasteiger partial charge >= 0.3 is 0 Å². The Morgan fingerprint density at radius 1 is 1.16 bits per heavy atom. The number of hydrogen-bond donors (Lipinski definition) is 1. The van der Waals surface area contributed by atoms with Crippen LogP contribution in [0.1, 0.15) is 11.1 Å². The second-order valence-electron chi connectivity index (χ2n) is 5.81. The summed E-state index contributed by atoms with van der Waals surface area (Å²) in [7, 11) is 1.61. The Kier molecular flexibility index (Phi) is 5.23. The Bertz CT molecular complexity index is 869. The summed E-state index contributed by atoms with van der Waals surface area (Å²) in [6, 6.07) is 13.4. The number of rotatable bonds is 7. The average Bonchev–Trinajstić information content (AvgIpc) is 3.01. The predicted octanol–water partition coefficient (Wildman–Crippen LogP) is 3.49. The zero-order valence-corrected chi connectivity index (χ0v) is 14.4. The van der Waals surface area contributed by atoms with Crippen LogP contribution in [0.25, 0.3) is 11.0 Å². The van der Waals surface area contributed by atoms with Crippen molar-refractivity contribution in [3.8, 4) is 11.5 Å². The summed E-state index contributed by atoms with van der Waals surface area (Å²) in [6.07, 6.45) is 1.89. The molecule has 0 spiro atoms. The highest BCUT2D eigenvalue weighted by Crippen LogP contribution is 2.25. The Hall–Kier alpha value is -2.95. The van der Waals surface area contributed by atoms with E-state index in [9.17, 15) is 4.79 Å². The molecule has 1 amide bonds. The number of aryl methyl sites for hydroxylation is 1. The maximum absolute atomic E-state index is 12.1. The fourth-order valence-corrected chi connectivity index (χ4v) is 2.63. The molecule has 0 aliphatic rings. The molecule has 0 saturated heterocycles. The van der Waals surface area contributed by atoms with Crippen molar-refractivity contribution in [2.24, 2.45) is 0 Å². The molecule has 0 radical (unpaired) electrons. The Balaban J connectivity index is 1.49. The van der Waals surface area contributed by atoms with Gasteiger partial charge in [0.25, 0.3) is 0 Å². The van der Waals surface area contributed by atoms with Crippen molar-refractivity contribution in [1.29, 1.82) is 0 Å². The zero-order valence-electron chi connectivity index (χ0n) is 14.4. The summed E-state index contributed by atoms with van der Waals surface area (Å²) < 4.78 is 16.3. The third kappa shape index (κ3) is 4.32. The lowest BCUT2D eigenvalue weighted by atomic mass is 10.1. The first kappa shape index (κ1) is 16.9. The molecular weight excluding hydrogens is 318 g/mol. The van der Waals surface area contributed by atoms with Gasteiger partial charge in [-0.2, -0.15) is 0 Å². The van der Waals surface area contributed by atoms with Gasteiger partial charge in [-0.3, -0.25) is 4.79 Å². The van der Waals surface area contributed by atoms with Gasteiger partial charge in [-0.25, -0.2) is 0 Å². The summed E-state index contributed by atoms with van der Waals surface area (Å²) in [4.78, 5) is 12.1. The molecule has 0 atom stereocenters. The van der Waals surface area contributed by atoms with Crippen LogP contribution in [0.5, 0.6) is 11.5 Å². The smallest absolute Gasteiger partial charge is 0.224 e. The van der Waals surface area contributed by atoms with Crippen molar-refractivity contribution >= 4 is 16.9 Å². The Morgan fingerprint density at radius 3 is 2.84 bits per heavy atom. The van der Waals surface area contributed by atoms with Gasteiger partial charge in [-0.05, 0) is 36.8 Å². The van der Waals surface area contributed by atoms with Gasteiger partial charge in [-0.15, -0.1) is 0 Å². The lowest BCUT2D eigenvalue weighted by Gasteiger charge is -2.08. The number of nitrogens with one attached hydrogen (secondary N) is 1. The Morgan fingerprint density at radius 2 is 2.04 bits per heavy atom. The van der Waals surface area contributed by atoms with E-state index in [0.29, 0.717) is 18.7 Å². The van der Waals surface area contributed by atoms with Crippen molar-refractivity contribution in [2.45, 2.75) is 13.3 Å². The summed E-state index contributed by atoms with van der Waals surface area (Å²) >= 11 is 0. The quantitative estimate of drug-likeness (QED) is 0.670. The topological polar surface area (TPSA) is 60.7 Å². The standard InChI is InChI=1S/C20H21NO4/c1-14-4-3-5-17(10-14)24-9-8-21-20(22)11-15-13-25-19-12-16(23-2)6-7-18(15)19/h3-7,10,12-13H,8-9,11H2,1-2H3,(H,21,22). The summed E-state index contributed by atoms with van der Waals surface area (Å²) in [6.45, 7) is 2.90. The average molecular weight is 339 g/mol. The van der Waals surface area contributed by atoms with Gasteiger partial charge in [0, 0.05) is 17.0 Å². The third-order valence-electron chi connectivity index (χ3n) is 3.90. The van der Waals surface area contributed by atoms with Gasteiger partial charge in [0.15, 0.2) is 0 Å². The molecular formula is C20H21NO4. The first-order chi connectivity index (χ1) is 12.2. The third-order valence-corrected chi connectivity index (χ3v) is 3.90. The first-order valence-electron chi connectivity index (χ1n) is 8.16. The predicted molar refractivity (Wildman–Crippen MR) is 96.2 cm³/mol. The minimum absolute atomic E-state index is 0.0636. The molecule has 2 aromatic carbocycles. The highest BCUT2D eigenvalue weighted by atomic mass is 16.5. The lowest BCUT2D eigenvalue weighted by Crippen LogP contribution is -2.29. The van der Waals surface area contributed by atoms with Gasteiger partial charge in [0.2, 0.25) is 5.91 Å². The molecule has 25 heavy (non-hydrogen) atoms. The maximum atomic E-state index is 12.1. The van der Waals surface area contributed by atoms with E-state index in [1.165, 1.54) is 0 Å². The molecule has 5 heteroatoms. The number of carbonyl (C=O) groups is 1. The SMILES string of the molecule is COc1ccc2c(CC(=O)NCCOc3cccc(C)c3)coc2c1. The van der Waals surface area contributed by atoms with Crippen LogP contribution < -0.4 is 14.8 Å². The summed E-state index contributed by atoms with van der Waals surface area (Å²) in [5.74, 6) is 1.47. The van der Waals surface area contributed by atoms with Gasteiger partial charge in [-0.1, -0.05) is 12.1 Å². The van der Waals surface area contributed by atoms with Crippen molar-refractivity contribution in [3.63, 3.8) is 0 Å². The molecule has 0 aliphatic carbocycles. The number of amides is 1. The maximum Gasteiger partial charge on any atom is 0.224 e. The van der Waals surface area contributed by atoms with Crippen LogP contribution in [0.4, 0.5) is 0 Å². The molecule has 0 unspecified atom stereocenters. The molecule has 1 heterocycles. The monoisotopic (exact) mass is 339 g/mol. The van der Waals surface area contributed by atoms with Crippen molar-refractivity contribution in [2.75, 3.05) is 20.3 Å². The van der Waals surface area contributed by atoms with Crippen molar-refractivity contribution in [3.05, 3.63) is 59.9 Å². The minimum atomic E-state index is -0.0636. The van der Waals surface area contributed by atoms with E-state index in [4.69, 9.17) is 13.9 Å². The number of hydrogen-bond acceptors (Lipinski definition) is 4. The first-order valence-corrected chi connectivity index (χ1v) is 8.16. The number of ether oxygens (including phenoxy) is 2. The highest BCUT2D eigenvalue weighted by Gasteiger charge is 2.11. The van der Waals surface area contributed by atoms with Crippen LogP contribution in [0, 0.1) is 6.92 Å².